The van der Waals surface area contributed by atoms with Crippen LogP contribution in [0.25, 0.3) is 0 Å². The molecule has 7 nitrogen and oxygen atoms in total. The highest BCUT2D eigenvalue weighted by Gasteiger charge is 2.27. The van der Waals surface area contributed by atoms with E-state index < -0.39 is 14.9 Å². The summed E-state index contributed by atoms with van der Waals surface area (Å²) in [5.74, 6) is 0. The lowest BCUT2D eigenvalue weighted by molar-refractivity contribution is -0.386. The van der Waals surface area contributed by atoms with Gasteiger partial charge in [0.15, 0.2) is 0 Å². The molecule has 8 heteroatoms. The average molecular weight is 315 g/mol. The minimum Gasteiger partial charge on any atom is -0.320 e. The zero-order valence-corrected chi connectivity index (χ0v) is 13.5. The lowest BCUT2D eigenvalue weighted by Crippen LogP contribution is -2.28. The maximum absolute atomic E-state index is 12.4. The zero-order chi connectivity index (χ0) is 16.2. The molecule has 1 rings (SSSR count). The summed E-state index contributed by atoms with van der Waals surface area (Å²) in [7, 11) is -1.97. The van der Waals surface area contributed by atoms with E-state index in [1.54, 1.807) is 20.9 Å². The smallest absolute Gasteiger partial charge is 0.276 e. The van der Waals surface area contributed by atoms with Crippen molar-refractivity contribution in [3.05, 3.63) is 32.9 Å². The summed E-state index contributed by atoms with van der Waals surface area (Å²) in [6, 6.07) is 1.54. The molecule has 0 aliphatic rings. The second kappa shape index (κ2) is 6.97. The second-order valence-electron chi connectivity index (χ2n) is 4.93. The van der Waals surface area contributed by atoms with Gasteiger partial charge in [-0.3, -0.25) is 10.1 Å². The van der Waals surface area contributed by atoms with E-state index in [1.165, 1.54) is 13.0 Å². The lowest BCUT2D eigenvalue weighted by atomic mass is 10.1. The molecule has 0 bridgehead atoms. The lowest BCUT2D eigenvalue weighted by Gasteiger charge is -2.13. The van der Waals surface area contributed by atoms with Gasteiger partial charge in [-0.25, -0.2) is 13.1 Å². The first-order valence-electron chi connectivity index (χ1n) is 6.61. The number of benzene rings is 1. The van der Waals surface area contributed by atoms with Crippen molar-refractivity contribution in [3.63, 3.8) is 0 Å². The average Bonchev–Trinajstić information content (AvgIpc) is 2.32. The number of rotatable bonds is 7. The highest BCUT2D eigenvalue weighted by Crippen LogP contribution is 2.31. The van der Waals surface area contributed by atoms with Crippen molar-refractivity contribution >= 4 is 15.7 Å². The molecule has 21 heavy (non-hydrogen) atoms. The minimum atomic E-state index is -3.76. The van der Waals surface area contributed by atoms with Crippen LogP contribution in [0, 0.1) is 30.9 Å². The summed E-state index contributed by atoms with van der Waals surface area (Å²) in [6.45, 7) is 5.69. The molecule has 1 aromatic carbocycles. The molecule has 0 aliphatic heterocycles. The van der Waals surface area contributed by atoms with Crippen LogP contribution in [-0.2, 0) is 10.0 Å². The van der Waals surface area contributed by atoms with E-state index in [4.69, 9.17) is 0 Å². The summed E-state index contributed by atoms with van der Waals surface area (Å²) in [6.07, 6.45) is 0.641. The summed E-state index contributed by atoms with van der Waals surface area (Å²) < 4.78 is 27.2. The molecule has 0 heterocycles. The third-order valence-electron chi connectivity index (χ3n) is 3.21. The van der Waals surface area contributed by atoms with Crippen LogP contribution >= 0.6 is 0 Å². The van der Waals surface area contributed by atoms with Crippen LogP contribution in [-0.4, -0.2) is 33.5 Å². The maximum Gasteiger partial charge on any atom is 0.276 e. The van der Waals surface area contributed by atoms with E-state index in [-0.39, 0.29) is 22.7 Å². The van der Waals surface area contributed by atoms with Crippen molar-refractivity contribution in [3.8, 4) is 0 Å². The third-order valence-corrected chi connectivity index (χ3v) is 4.96. The van der Waals surface area contributed by atoms with Gasteiger partial charge in [-0.05, 0) is 52.4 Å². The van der Waals surface area contributed by atoms with Gasteiger partial charge in [0, 0.05) is 17.7 Å². The molecular formula is C13H21N3O4S. The van der Waals surface area contributed by atoms with Gasteiger partial charge in [-0.15, -0.1) is 0 Å². The van der Waals surface area contributed by atoms with E-state index in [0.29, 0.717) is 24.1 Å². The van der Waals surface area contributed by atoms with Gasteiger partial charge < -0.3 is 5.32 Å². The molecule has 2 N–H and O–H groups in total. The molecule has 0 unspecified atom stereocenters. The molecule has 0 aromatic heterocycles. The van der Waals surface area contributed by atoms with Crippen LogP contribution in [0.1, 0.15) is 23.1 Å². The molecule has 0 aliphatic carbocycles. The summed E-state index contributed by atoms with van der Waals surface area (Å²) >= 11 is 0. The van der Waals surface area contributed by atoms with Gasteiger partial charge in [0.05, 0.1) is 9.82 Å². The molecule has 0 spiro atoms. The Bertz CT molecular complexity index is 641. The predicted octanol–water partition coefficient (Wildman–Crippen LogP) is 1.41. The van der Waals surface area contributed by atoms with Gasteiger partial charge >= 0.3 is 0 Å². The van der Waals surface area contributed by atoms with Gasteiger partial charge in [0.1, 0.15) is 0 Å². The Hall–Kier alpha value is -1.51. The van der Waals surface area contributed by atoms with E-state index >= 15 is 0 Å². The monoisotopic (exact) mass is 315 g/mol. The van der Waals surface area contributed by atoms with Crippen LogP contribution in [0.5, 0.6) is 0 Å². The first kappa shape index (κ1) is 17.5. The quantitative estimate of drug-likeness (QED) is 0.450. The van der Waals surface area contributed by atoms with E-state index in [1.807, 2.05) is 0 Å². The van der Waals surface area contributed by atoms with Crippen molar-refractivity contribution in [2.75, 3.05) is 20.1 Å². The molecule has 0 amide bonds. The van der Waals surface area contributed by atoms with Crippen LogP contribution in [0.15, 0.2) is 11.0 Å². The fourth-order valence-electron chi connectivity index (χ4n) is 2.40. The van der Waals surface area contributed by atoms with Crippen LogP contribution < -0.4 is 10.0 Å². The Morgan fingerprint density at radius 3 is 2.33 bits per heavy atom. The molecular weight excluding hydrogens is 294 g/mol. The first-order chi connectivity index (χ1) is 9.72. The molecule has 0 saturated carbocycles. The Morgan fingerprint density at radius 1 is 1.19 bits per heavy atom. The molecule has 0 fully saturated rings. The standard InChI is InChI=1S/C13H21N3O4S/c1-9-8-10(2)13(11(3)12(9)16(17)18)21(19,20)15-7-5-6-14-4/h8,14-15H,5-7H2,1-4H3. The van der Waals surface area contributed by atoms with Crippen molar-refractivity contribution < 1.29 is 13.3 Å². The van der Waals surface area contributed by atoms with E-state index in [2.05, 4.69) is 10.0 Å². The minimum absolute atomic E-state index is 0.00394. The van der Waals surface area contributed by atoms with Gasteiger partial charge in [-0.2, -0.15) is 0 Å². The molecule has 0 radical (unpaired) electrons. The van der Waals surface area contributed by atoms with Crippen molar-refractivity contribution in [1.82, 2.24) is 10.0 Å². The number of sulfonamides is 1. The van der Waals surface area contributed by atoms with E-state index in [0.717, 1.165) is 0 Å². The molecule has 0 saturated heterocycles. The van der Waals surface area contributed by atoms with E-state index in [9.17, 15) is 18.5 Å². The topological polar surface area (TPSA) is 101 Å². The van der Waals surface area contributed by atoms with Crippen molar-refractivity contribution in [2.24, 2.45) is 0 Å². The zero-order valence-electron chi connectivity index (χ0n) is 12.7. The highest BCUT2D eigenvalue weighted by atomic mass is 32.2. The highest BCUT2D eigenvalue weighted by molar-refractivity contribution is 7.89. The summed E-state index contributed by atoms with van der Waals surface area (Å²) in [5.41, 5.74) is 1.01. The molecule has 1 aromatic rings. The SMILES string of the molecule is CNCCCNS(=O)(=O)c1c(C)cc(C)c([N+](=O)[O-])c1C. The van der Waals surface area contributed by atoms with Crippen LogP contribution in [0.2, 0.25) is 0 Å². The number of hydrogen-bond acceptors (Lipinski definition) is 5. The molecule has 118 valence electrons. The molecule has 0 atom stereocenters. The number of nitro groups is 1. The third kappa shape index (κ3) is 3.99. The Labute approximate surface area is 124 Å². The van der Waals surface area contributed by atoms with Gasteiger partial charge in [0.25, 0.3) is 5.69 Å². The Balaban J connectivity index is 3.23. The number of nitrogens with one attached hydrogen (secondary N) is 2. The maximum atomic E-state index is 12.4. The Morgan fingerprint density at radius 2 is 1.81 bits per heavy atom. The number of hydrogen-bond donors (Lipinski definition) is 2. The summed E-state index contributed by atoms with van der Waals surface area (Å²) in [5, 5.41) is 14.0. The fraction of sp³-hybridized carbons (Fsp3) is 0.538. The summed E-state index contributed by atoms with van der Waals surface area (Å²) in [4.78, 5) is 10.6. The fourth-order valence-corrected chi connectivity index (χ4v) is 3.94. The number of nitrogens with zero attached hydrogens (tertiary/aromatic N) is 1. The largest absolute Gasteiger partial charge is 0.320 e. The predicted molar refractivity (Wildman–Crippen MR) is 81.0 cm³/mol. The second-order valence-corrected chi connectivity index (χ2v) is 6.63. The van der Waals surface area contributed by atoms with Crippen molar-refractivity contribution in [1.29, 1.82) is 0 Å². The van der Waals surface area contributed by atoms with Crippen LogP contribution in [0.3, 0.4) is 0 Å². The number of nitro benzene ring substituents is 1. The first-order valence-corrected chi connectivity index (χ1v) is 8.10. The van der Waals surface area contributed by atoms with Gasteiger partial charge in [-0.1, -0.05) is 0 Å². The Kier molecular flexibility index (Phi) is 5.82. The van der Waals surface area contributed by atoms with Gasteiger partial charge in [0.2, 0.25) is 10.0 Å². The van der Waals surface area contributed by atoms with Crippen molar-refractivity contribution in [2.45, 2.75) is 32.1 Å². The normalized spacial score (nSPS) is 11.6. The number of aryl methyl sites for hydroxylation is 2. The van der Waals surface area contributed by atoms with Crippen LogP contribution in [0.4, 0.5) is 5.69 Å².